The van der Waals surface area contributed by atoms with E-state index < -0.39 is 0 Å². The zero-order valence-corrected chi connectivity index (χ0v) is 12.4. The van der Waals surface area contributed by atoms with E-state index in [-0.39, 0.29) is 6.04 Å². The third-order valence-corrected chi connectivity index (χ3v) is 3.50. The van der Waals surface area contributed by atoms with Gasteiger partial charge in [0.1, 0.15) is 19.0 Å². The minimum absolute atomic E-state index is 0.191. The number of benzene rings is 1. The van der Waals surface area contributed by atoms with E-state index in [1.54, 1.807) is 12.4 Å². The number of rotatable bonds is 6. The Kier molecular flexibility index (Phi) is 4.70. The second-order valence-electron chi connectivity index (χ2n) is 5.19. The lowest BCUT2D eigenvalue weighted by Gasteiger charge is -2.19. The fourth-order valence-electron chi connectivity index (χ4n) is 2.43. The fourth-order valence-corrected chi connectivity index (χ4v) is 2.43. The Bertz CT molecular complexity index is 594. The maximum Gasteiger partial charge on any atom is 0.257 e. The van der Waals surface area contributed by atoms with E-state index in [2.05, 4.69) is 14.9 Å². The summed E-state index contributed by atoms with van der Waals surface area (Å²) in [7, 11) is 0. The summed E-state index contributed by atoms with van der Waals surface area (Å²) in [6.45, 7) is 2.55. The van der Waals surface area contributed by atoms with Crippen molar-refractivity contribution in [2.75, 3.05) is 31.2 Å². The molecular weight excluding hydrogens is 280 g/mol. The topological polar surface area (TPSA) is 73.5 Å². The van der Waals surface area contributed by atoms with E-state index in [1.165, 1.54) is 0 Å². The molecule has 0 bridgehead atoms. The number of hydrogen-bond donors (Lipinski definition) is 1. The highest BCUT2D eigenvalue weighted by atomic mass is 16.5. The Hall–Kier alpha value is -2.34. The van der Waals surface area contributed by atoms with Crippen LogP contribution in [0.5, 0.6) is 11.6 Å². The van der Waals surface area contributed by atoms with Crippen LogP contribution < -0.4 is 20.1 Å². The number of anilines is 1. The largest absolute Gasteiger partial charge is 0.490 e. The summed E-state index contributed by atoms with van der Waals surface area (Å²) in [5, 5.41) is 0. The molecule has 1 unspecified atom stereocenters. The van der Waals surface area contributed by atoms with Crippen LogP contribution in [0.3, 0.4) is 0 Å². The highest BCUT2D eigenvalue weighted by molar-refractivity contribution is 5.48. The van der Waals surface area contributed by atoms with E-state index >= 15 is 0 Å². The minimum atomic E-state index is 0.191. The molecule has 0 aliphatic carbocycles. The van der Waals surface area contributed by atoms with Crippen LogP contribution in [-0.4, -0.2) is 42.3 Å². The molecule has 1 fully saturated rings. The van der Waals surface area contributed by atoms with E-state index in [0.29, 0.717) is 19.1 Å². The molecule has 0 saturated carbocycles. The van der Waals surface area contributed by atoms with Gasteiger partial charge in [0, 0.05) is 31.5 Å². The lowest BCUT2D eigenvalue weighted by molar-refractivity contribution is 0.212. The molecule has 116 valence electrons. The van der Waals surface area contributed by atoms with Gasteiger partial charge in [-0.25, -0.2) is 9.97 Å². The molecule has 1 aromatic heterocycles. The summed E-state index contributed by atoms with van der Waals surface area (Å²) in [4.78, 5) is 10.8. The Labute approximate surface area is 129 Å². The smallest absolute Gasteiger partial charge is 0.257 e. The molecule has 0 amide bonds. The van der Waals surface area contributed by atoms with Crippen molar-refractivity contribution < 1.29 is 9.47 Å². The van der Waals surface area contributed by atoms with Crippen LogP contribution >= 0.6 is 0 Å². The summed E-state index contributed by atoms with van der Waals surface area (Å²) >= 11 is 0. The number of nitrogens with two attached hydrogens (primary N) is 1. The first-order valence-electron chi connectivity index (χ1n) is 7.45. The van der Waals surface area contributed by atoms with Crippen molar-refractivity contribution in [1.29, 1.82) is 0 Å². The maximum atomic E-state index is 5.95. The van der Waals surface area contributed by atoms with Crippen LogP contribution in [0.2, 0.25) is 0 Å². The van der Waals surface area contributed by atoms with Crippen LogP contribution in [0.25, 0.3) is 0 Å². The Morgan fingerprint density at radius 3 is 2.64 bits per heavy atom. The van der Waals surface area contributed by atoms with Crippen LogP contribution in [-0.2, 0) is 0 Å². The van der Waals surface area contributed by atoms with E-state index in [1.807, 2.05) is 30.3 Å². The highest BCUT2D eigenvalue weighted by Crippen LogP contribution is 2.25. The van der Waals surface area contributed by atoms with Gasteiger partial charge in [-0.2, -0.15) is 0 Å². The Morgan fingerprint density at radius 1 is 1.09 bits per heavy atom. The monoisotopic (exact) mass is 300 g/mol. The zero-order chi connectivity index (χ0) is 15.2. The fraction of sp³-hybridized carbons (Fsp3) is 0.375. The van der Waals surface area contributed by atoms with Crippen LogP contribution in [0.4, 0.5) is 5.82 Å². The molecule has 1 saturated heterocycles. The number of hydrogen-bond acceptors (Lipinski definition) is 6. The van der Waals surface area contributed by atoms with Gasteiger partial charge in [0.15, 0.2) is 5.82 Å². The van der Waals surface area contributed by atoms with E-state index in [4.69, 9.17) is 15.2 Å². The summed E-state index contributed by atoms with van der Waals surface area (Å²) < 4.78 is 11.3. The molecule has 6 nitrogen and oxygen atoms in total. The molecule has 1 atom stereocenters. The minimum Gasteiger partial charge on any atom is -0.490 e. The predicted octanol–water partition coefficient (Wildman–Crippen LogP) is 1.47. The summed E-state index contributed by atoms with van der Waals surface area (Å²) in [5.41, 5.74) is 5.95. The molecule has 0 spiro atoms. The summed E-state index contributed by atoms with van der Waals surface area (Å²) in [6, 6.07) is 9.85. The van der Waals surface area contributed by atoms with Crippen molar-refractivity contribution in [2.45, 2.75) is 12.5 Å². The molecule has 3 rings (SSSR count). The second kappa shape index (κ2) is 7.09. The van der Waals surface area contributed by atoms with Crippen molar-refractivity contribution in [3.05, 3.63) is 42.7 Å². The standard InChI is InChI=1S/C16H20N4O2/c17-13-6-9-20(12-13)15-16(19-8-7-18-15)22-11-10-21-14-4-2-1-3-5-14/h1-5,7-8,13H,6,9-12,17H2. The van der Waals surface area contributed by atoms with Gasteiger partial charge in [0.25, 0.3) is 5.88 Å². The van der Waals surface area contributed by atoms with E-state index in [0.717, 1.165) is 31.1 Å². The summed E-state index contributed by atoms with van der Waals surface area (Å²) in [6.07, 6.45) is 4.27. The lowest BCUT2D eigenvalue weighted by atomic mass is 10.3. The first kappa shape index (κ1) is 14.6. The normalized spacial score (nSPS) is 17.5. The van der Waals surface area contributed by atoms with Crippen molar-refractivity contribution in [1.82, 2.24) is 9.97 Å². The molecule has 1 aliphatic heterocycles. The van der Waals surface area contributed by atoms with Gasteiger partial charge in [-0.1, -0.05) is 18.2 Å². The first-order chi connectivity index (χ1) is 10.8. The average Bonchev–Trinajstić information content (AvgIpc) is 2.99. The quantitative estimate of drug-likeness (QED) is 0.814. The molecule has 0 radical (unpaired) electrons. The first-order valence-corrected chi connectivity index (χ1v) is 7.45. The number of aromatic nitrogens is 2. The van der Waals surface area contributed by atoms with Gasteiger partial charge >= 0.3 is 0 Å². The molecular formula is C16H20N4O2. The van der Waals surface area contributed by atoms with Gasteiger partial charge in [0.2, 0.25) is 0 Å². The molecule has 2 heterocycles. The van der Waals surface area contributed by atoms with E-state index in [9.17, 15) is 0 Å². The van der Waals surface area contributed by atoms with Crippen LogP contribution in [0.15, 0.2) is 42.7 Å². The molecule has 2 aromatic rings. The third-order valence-electron chi connectivity index (χ3n) is 3.50. The van der Waals surface area contributed by atoms with Crippen LogP contribution in [0.1, 0.15) is 6.42 Å². The van der Waals surface area contributed by atoms with Gasteiger partial charge in [-0.15, -0.1) is 0 Å². The van der Waals surface area contributed by atoms with Crippen molar-refractivity contribution >= 4 is 5.82 Å². The predicted molar refractivity (Wildman–Crippen MR) is 84.3 cm³/mol. The number of para-hydroxylation sites is 1. The maximum absolute atomic E-state index is 5.95. The average molecular weight is 300 g/mol. The molecule has 2 N–H and O–H groups in total. The lowest BCUT2D eigenvalue weighted by Crippen LogP contribution is -2.27. The van der Waals surface area contributed by atoms with Crippen molar-refractivity contribution in [2.24, 2.45) is 5.73 Å². The van der Waals surface area contributed by atoms with Crippen LogP contribution in [0, 0.1) is 0 Å². The second-order valence-corrected chi connectivity index (χ2v) is 5.19. The Morgan fingerprint density at radius 2 is 1.86 bits per heavy atom. The highest BCUT2D eigenvalue weighted by Gasteiger charge is 2.23. The molecule has 1 aliphatic rings. The van der Waals surface area contributed by atoms with Gasteiger partial charge in [-0.3, -0.25) is 0 Å². The SMILES string of the molecule is NC1CCN(c2nccnc2OCCOc2ccccc2)C1. The van der Waals surface area contributed by atoms with Gasteiger partial charge in [-0.05, 0) is 18.6 Å². The number of nitrogens with zero attached hydrogens (tertiary/aromatic N) is 3. The number of ether oxygens (including phenoxy) is 2. The summed E-state index contributed by atoms with van der Waals surface area (Å²) in [5.74, 6) is 2.12. The zero-order valence-electron chi connectivity index (χ0n) is 12.4. The Balaban J connectivity index is 1.54. The van der Waals surface area contributed by atoms with Crippen molar-refractivity contribution in [3.63, 3.8) is 0 Å². The molecule has 22 heavy (non-hydrogen) atoms. The van der Waals surface area contributed by atoms with Gasteiger partial charge < -0.3 is 20.1 Å². The molecule has 6 heteroatoms. The third kappa shape index (κ3) is 3.65. The van der Waals surface area contributed by atoms with Gasteiger partial charge in [0.05, 0.1) is 0 Å². The van der Waals surface area contributed by atoms with Crippen molar-refractivity contribution in [3.8, 4) is 11.6 Å². The molecule has 1 aromatic carbocycles.